The van der Waals surface area contributed by atoms with Crippen LogP contribution in [0.15, 0.2) is 47.6 Å². The van der Waals surface area contributed by atoms with E-state index >= 15 is 0 Å². The van der Waals surface area contributed by atoms with Gasteiger partial charge in [-0.3, -0.25) is 10.1 Å². The van der Waals surface area contributed by atoms with Crippen LogP contribution in [0.25, 0.3) is 11.4 Å². The molecular weight excluding hydrogens is 392 g/mol. The molecule has 1 N–H and O–H groups in total. The molecule has 10 heteroatoms. The lowest BCUT2D eigenvalue weighted by Crippen LogP contribution is -2.11. The largest absolute Gasteiger partial charge is 0.494 e. The molecular formula is C19H20N6O3S. The number of nitrogens with zero attached hydrogens (tertiary/aromatic N) is 5. The van der Waals surface area contributed by atoms with Crippen molar-refractivity contribution in [2.45, 2.75) is 6.92 Å². The molecule has 3 rings (SSSR count). The summed E-state index contributed by atoms with van der Waals surface area (Å²) >= 11 is 5.27. The van der Waals surface area contributed by atoms with E-state index in [0.717, 1.165) is 11.3 Å². The Balaban J connectivity index is 1.94. The van der Waals surface area contributed by atoms with Crippen molar-refractivity contribution in [3.63, 3.8) is 0 Å². The Kier molecular flexibility index (Phi) is 6.03. The van der Waals surface area contributed by atoms with Crippen LogP contribution in [-0.4, -0.2) is 46.7 Å². The van der Waals surface area contributed by atoms with Crippen LogP contribution in [0.2, 0.25) is 0 Å². The van der Waals surface area contributed by atoms with Crippen molar-refractivity contribution in [3.8, 4) is 17.1 Å². The van der Waals surface area contributed by atoms with Crippen molar-refractivity contribution in [3.05, 3.63) is 62.9 Å². The molecule has 150 valence electrons. The Labute approximate surface area is 172 Å². The summed E-state index contributed by atoms with van der Waals surface area (Å²) < 4.78 is 7.23. The first-order chi connectivity index (χ1) is 13.9. The predicted molar refractivity (Wildman–Crippen MR) is 114 cm³/mol. The number of anilines is 1. The Morgan fingerprint density at radius 1 is 1.31 bits per heavy atom. The molecule has 29 heavy (non-hydrogen) atoms. The lowest BCUT2D eigenvalue weighted by molar-refractivity contribution is -0.384. The third kappa shape index (κ3) is 4.49. The van der Waals surface area contributed by atoms with E-state index in [2.05, 4.69) is 15.3 Å². The maximum Gasteiger partial charge on any atom is 0.293 e. The number of benzene rings is 2. The molecule has 0 aliphatic carbocycles. The lowest BCUT2D eigenvalue weighted by atomic mass is 10.2. The zero-order valence-corrected chi connectivity index (χ0v) is 17.0. The highest BCUT2D eigenvalue weighted by molar-refractivity contribution is 7.71. The number of nitrogens with one attached hydrogen (secondary N) is 1. The number of rotatable bonds is 7. The molecule has 0 saturated heterocycles. The fraction of sp³-hybridized carbons (Fsp3) is 0.211. The minimum atomic E-state index is -0.415. The van der Waals surface area contributed by atoms with Gasteiger partial charge in [0.25, 0.3) is 5.69 Å². The maximum atomic E-state index is 11.4. The minimum Gasteiger partial charge on any atom is -0.494 e. The van der Waals surface area contributed by atoms with E-state index in [1.807, 2.05) is 31.2 Å². The summed E-state index contributed by atoms with van der Waals surface area (Å²) in [7, 11) is 3.51. The number of H-pyrrole nitrogens is 1. The van der Waals surface area contributed by atoms with Crippen molar-refractivity contribution in [2.75, 3.05) is 25.6 Å². The molecule has 0 spiro atoms. The Morgan fingerprint density at radius 3 is 2.66 bits per heavy atom. The summed E-state index contributed by atoms with van der Waals surface area (Å²) in [6.07, 6.45) is 1.51. The summed E-state index contributed by atoms with van der Waals surface area (Å²) in [4.78, 5) is 12.6. The lowest BCUT2D eigenvalue weighted by Gasteiger charge is -2.12. The average molecular weight is 412 g/mol. The molecule has 0 fully saturated rings. The Morgan fingerprint density at radius 2 is 2.03 bits per heavy atom. The molecule has 0 aliphatic rings. The molecule has 0 saturated carbocycles. The first kappa shape index (κ1) is 20.2. The highest BCUT2D eigenvalue weighted by Gasteiger charge is 2.16. The number of hydrogen-bond acceptors (Lipinski definition) is 7. The van der Waals surface area contributed by atoms with E-state index in [0.29, 0.717) is 28.5 Å². The molecule has 0 amide bonds. The van der Waals surface area contributed by atoms with Crippen LogP contribution in [0.3, 0.4) is 0 Å². The fourth-order valence-corrected chi connectivity index (χ4v) is 2.90. The third-order valence-corrected chi connectivity index (χ3v) is 4.34. The Hall–Kier alpha value is -3.53. The smallest absolute Gasteiger partial charge is 0.293 e. The molecule has 2 aromatic carbocycles. The number of nitro groups is 1. The van der Waals surface area contributed by atoms with Gasteiger partial charge in [0.2, 0.25) is 4.77 Å². The van der Waals surface area contributed by atoms with E-state index in [1.54, 1.807) is 31.1 Å². The van der Waals surface area contributed by atoms with E-state index in [1.165, 1.54) is 17.0 Å². The van der Waals surface area contributed by atoms with Gasteiger partial charge >= 0.3 is 0 Å². The molecule has 0 radical (unpaired) electrons. The van der Waals surface area contributed by atoms with Crippen LogP contribution in [-0.2, 0) is 0 Å². The zero-order valence-electron chi connectivity index (χ0n) is 16.2. The van der Waals surface area contributed by atoms with Gasteiger partial charge < -0.3 is 9.64 Å². The van der Waals surface area contributed by atoms with Gasteiger partial charge in [0, 0.05) is 31.3 Å². The van der Waals surface area contributed by atoms with Gasteiger partial charge in [-0.05, 0) is 49.5 Å². The second-order valence-corrected chi connectivity index (χ2v) is 6.65. The van der Waals surface area contributed by atoms with Crippen LogP contribution in [0.1, 0.15) is 12.5 Å². The van der Waals surface area contributed by atoms with E-state index in [-0.39, 0.29) is 5.69 Å². The van der Waals surface area contributed by atoms with E-state index in [9.17, 15) is 10.1 Å². The number of aromatic amines is 1. The second kappa shape index (κ2) is 8.65. The minimum absolute atomic E-state index is 0.00137. The van der Waals surface area contributed by atoms with Gasteiger partial charge in [0.15, 0.2) is 5.82 Å². The monoisotopic (exact) mass is 412 g/mol. The SMILES string of the molecule is CCOc1ccc(-c2n[nH]c(=S)n2/N=C\c2ccc(N(C)C)c([N+](=O)[O-])c2)cc1. The van der Waals surface area contributed by atoms with Crippen LogP contribution < -0.4 is 9.64 Å². The van der Waals surface area contributed by atoms with E-state index in [4.69, 9.17) is 17.0 Å². The van der Waals surface area contributed by atoms with Crippen molar-refractivity contribution in [1.29, 1.82) is 0 Å². The van der Waals surface area contributed by atoms with Crippen molar-refractivity contribution in [2.24, 2.45) is 5.10 Å². The summed E-state index contributed by atoms with van der Waals surface area (Å²) in [5.74, 6) is 1.28. The number of ether oxygens (including phenoxy) is 1. The van der Waals surface area contributed by atoms with Crippen LogP contribution >= 0.6 is 12.2 Å². The summed E-state index contributed by atoms with van der Waals surface area (Å²) in [6, 6.07) is 12.3. The standard InChI is InChI=1S/C19H20N6O3S/c1-4-28-15-8-6-14(7-9-15)18-21-22-19(29)24(18)20-12-13-5-10-16(23(2)3)17(11-13)25(26)27/h5-12H,4H2,1-3H3,(H,22,29)/b20-12-. The summed E-state index contributed by atoms with van der Waals surface area (Å²) in [5, 5.41) is 22.7. The van der Waals surface area contributed by atoms with Gasteiger partial charge in [-0.15, -0.1) is 0 Å². The number of hydrogen-bond donors (Lipinski definition) is 1. The van der Waals surface area contributed by atoms with Crippen molar-refractivity contribution >= 4 is 29.8 Å². The van der Waals surface area contributed by atoms with E-state index < -0.39 is 4.92 Å². The third-order valence-electron chi connectivity index (χ3n) is 4.07. The van der Waals surface area contributed by atoms with Gasteiger partial charge in [-0.25, -0.2) is 5.10 Å². The highest BCUT2D eigenvalue weighted by Crippen LogP contribution is 2.27. The molecule has 1 heterocycles. The molecule has 9 nitrogen and oxygen atoms in total. The molecule has 3 aromatic rings. The topological polar surface area (TPSA) is 102 Å². The molecule has 0 atom stereocenters. The van der Waals surface area contributed by atoms with Crippen LogP contribution in [0.4, 0.5) is 11.4 Å². The first-order valence-electron chi connectivity index (χ1n) is 8.81. The fourth-order valence-electron chi connectivity index (χ4n) is 2.72. The van der Waals surface area contributed by atoms with Gasteiger partial charge in [-0.2, -0.15) is 14.9 Å². The number of aromatic nitrogens is 3. The normalized spacial score (nSPS) is 11.0. The molecule has 0 bridgehead atoms. The van der Waals surface area contributed by atoms with Crippen LogP contribution in [0.5, 0.6) is 5.75 Å². The molecule has 1 aromatic heterocycles. The van der Waals surface area contributed by atoms with Gasteiger partial charge in [-0.1, -0.05) is 6.07 Å². The predicted octanol–water partition coefficient (Wildman–Crippen LogP) is 3.86. The zero-order chi connectivity index (χ0) is 21.0. The van der Waals surface area contributed by atoms with Gasteiger partial charge in [0.1, 0.15) is 11.4 Å². The summed E-state index contributed by atoms with van der Waals surface area (Å²) in [5.41, 5.74) is 1.89. The average Bonchev–Trinajstić information content (AvgIpc) is 3.07. The van der Waals surface area contributed by atoms with Crippen LogP contribution in [0, 0.1) is 14.9 Å². The summed E-state index contributed by atoms with van der Waals surface area (Å²) in [6.45, 7) is 2.50. The highest BCUT2D eigenvalue weighted by atomic mass is 32.1. The number of nitro benzene ring substituents is 1. The first-order valence-corrected chi connectivity index (χ1v) is 9.22. The quantitative estimate of drug-likeness (QED) is 0.274. The molecule has 0 aliphatic heterocycles. The van der Waals surface area contributed by atoms with Crippen molar-refractivity contribution < 1.29 is 9.66 Å². The molecule has 0 unspecified atom stereocenters. The van der Waals surface area contributed by atoms with Gasteiger partial charge in [0.05, 0.1) is 17.7 Å². The Bertz CT molecular complexity index is 1100. The second-order valence-electron chi connectivity index (χ2n) is 6.27. The maximum absolute atomic E-state index is 11.4. The van der Waals surface area contributed by atoms with Crippen molar-refractivity contribution in [1.82, 2.24) is 14.9 Å².